The highest BCUT2D eigenvalue weighted by atomic mass is 16.2. The van der Waals surface area contributed by atoms with E-state index in [-0.39, 0.29) is 11.8 Å². The van der Waals surface area contributed by atoms with Gasteiger partial charge in [0.05, 0.1) is 0 Å². The zero-order valence-electron chi connectivity index (χ0n) is 20.7. The van der Waals surface area contributed by atoms with Crippen molar-refractivity contribution in [1.29, 1.82) is 0 Å². The molecule has 1 N–H and O–H groups in total. The molecule has 2 aromatic carbocycles. The number of carbonyl (C=O) groups is 2. The first-order chi connectivity index (χ1) is 17.2. The minimum Gasteiger partial charge on any atom is -0.354 e. The molecule has 3 heterocycles. The van der Waals surface area contributed by atoms with Gasteiger partial charge in [-0.1, -0.05) is 42.8 Å². The van der Waals surface area contributed by atoms with Crippen molar-refractivity contribution in [1.82, 2.24) is 15.1 Å². The summed E-state index contributed by atoms with van der Waals surface area (Å²) < 4.78 is 0. The average Bonchev–Trinajstić information content (AvgIpc) is 3.32. The van der Waals surface area contributed by atoms with Crippen LogP contribution in [0.15, 0.2) is 54.6 Å². The van der Waals surface area contributed by atoms with Gasteiger partial charge in [-0.3, -0.25) is 14.5 Å². The van der Waals surface area contributed by atoms with Crippen molar-refractivity contribution < 1.29 is 9.59 Å². The van der Waals surface area contributed by atoms with E-state index in [1.165, 1.54) is 45.2 Å². The van der Waals surface area contributed by atoms with E-state index in [2.05, 4.69) is 15.1 Å². The van der Waals surface area contributed by atoms with E-state index in [9.17, 15) is 9.59 Å². The third-order valence-electron chi connectivity index (χ3n) is 7.93. The van der Waals surface area contributed by atoms with E-state index in [1.807, 2.05) is 54.6 Å². The molecule has 0 aliphatic carbocycles. The first-order valence-corrected chi connectivity index (χ1v) is 13.4. The Morgan fingerprint density at radius 2 is 1.57 bits per heavy atom. The van der Waals surface area contributed by atoms with E-state index in [0.717, 1.165) is 43.3 Å². The second-order valence-electron chi connectivity index (χ2n) is 10.2. The second kappa shape index (κ2) is 11.4. The minimum absolute atomic E-state index is 0.0608. The lowest BCUT2D eigenvalue weighted by atomic mass is 10.00. The Kier molecular flexibility index (Phi) is 7.79. The number of likely N-dealkylation sites (tertiary alicyclic amines) is 2. The van der Waals surface area contributed by atoms with Crippen LogP contribution in [0, 0.1) is 0 Å². The van der Waals surface area contributed by atoms with Gasteiger partial charge in [0.15, 0.2) is 0 Å². The van der Waals surface area contributed by atoms with Gasteiger partial charge in [-0.05, 0) is 88.6 Å². The van der Waals surface area contributed by atoms with Gasteiger partial charge in [0, 0.05) is 30.3 Å². The van der Waals surface area contributed by atoms with Crippen LogP contribution in [0.2, 0.25) is 0 Å². The van der Waals surface area contributed by atoms with Gasteiger partial charge >= 0.3 is 0 Å². The SMILES string of the molecule is O=C(NCCCN1CCC(N2CCCCC2)CC1)C1Cc2ccccc2N1C(=O)c1ccccc1. The van der Waals surface area contributed by atoms with Crippen LogP contribution in [-0.2, 0) is 11.2 Å². The quantitative estimate of drug-likeness (QED) is 0.622. The van der Waals surface area contributed by atoms with Gasteiger partial charge in [-0.2, -0.15) is 0 Å². The molecule has 0 saturated carbocycles. The maximum atomic E-state index is 13.3. The predicted molar refractivity (Wildman–Crippen MR) is 140 cm³/mol. The van der Waals surface area contributed by atoms with Crippen molar-refractivity contribution in [3.63, 3.8) is 0 Å². The number of anilines is 1. The molecule has 2 saturated heterocycles. The first-order valence-electron chi connectivity index (χ1n) is 13.4. The summed E-state index contributed by atoms with van der Waals surface area (Å²) in [6, 6.07) is 17.4. The smallest absolute Gasteiger partial charge is 0.259 e. The highest BCUT2D eigenvalue weighted by Gasteiger charge is 2.38. The highest BCUT2D eigenvalue weighted by molar-refractivity contribution is 6.11. The molecule has 3 aliphatic rings. The Balaban J connectivity index is 1.11. The summed E-state index contributed by atoms with van der Waals surface area (Å²) in [6.07, 6.45) is 8.15. The summed E-state index contributed by atoms with van der Waals surface area (Å²) in [5.74, 6) is -0.179. The summed E-state index contributed by atoms with van der Waals surface area (Å²) >= 11 is 0. The van der Waals surface area contributed by atoms with Gasteiger partial charge in [0.1, 0.15) is 6.04 Å². The van der Waals surface area contributed by atoms with E-state index < -0.39 is 6.04 Å². The van der Waals surface area contributed by atoms with Crippen LogP contribution in [0.5, 0.6) is 0 Å². The van der Waals surface area contributed by atoms with Crippen molar-refractivity contribution in [3.8, 4) is 0 Å². The van der Waals surface area contributed by atoms with Crippen LogP contribution in [-0.4, -0.2) is 73.0 Å². The molecule has 1 unspecified atom stereocenters. The van der Waals surface area contributed by atoms with Gasteiger partial charge in [0.25, 0.3) is 5.91 Å². The largest absolute Gasteiger partial charge is 0.354 e. The Morgan fingerprint density at radius 3 is 2.34 bits per heavy atom. The predicted octanol–water partition coefficient (Wildman–Crippen LogP) is 3.71. The minimum atomic E-state index is -0.500. The zero-order valence-corrected chi connectivity index (χ0v) is 20.7. The molecule has 6 nitrogen and oxygen atoms in total. The number of hydrogen-bond acceptors (Lipinski definition) is 4. The van der Waals surface area contributed by atoms with E-state index in [1.54, 1.807) is 4.90 Å². The lowest BCUT2D eigenvalue weighted by Gasteiger charge is -2.40. The third-order valence-corrected chi connectivity index (χ3v) is 7.93. The molecule has 0 radical (unpaired) electrons. The molecule has 35 heavy (non-hydrogen) atoms. The summed E-state index contributed by atoms with van der Waals surface area (Å²) in [4.78, 5) is 33.5. The van der Waals surface area contributed by atoms with Gasteiger partial charge in [0.2, 0.25) is 5.91 Å². The number of amides is 2. The van der Waals surface area contributed by atoms with Gasteiger partial charge in [-0.15, -0.1) is 0 Å². The van der Waals surface area contributed by atoms with Crippen LogP contribution < -0.4 is 10.2 Å². The fourth-order valence-electron chi connectivity index (χ4n) is 5.99. The second-order valence-corrected chi connectivity index (χ2v) is 10.2. The molecular weight excluding hydrogens is 436 g/mol. The van der Waals surface area contributed by atoms with Crippen molar-refractivity contribution in [3.05, 3.63) is 65.7 Å². The number of piperidine rings is 2. The summed E-state index contributed by atoms with van der Waals surface area (Å²) in [5, 5.41) is 3.13. The fraction of sp³-hybridized carbons (Fsp3) is 0.517. The van der Waals surface area contributed by atoms with E-state index in [0.29, 0.717) is 18.5 Å². The standard InChI is InChI=1S/C29H38N4O2/c34-28(30-16-9-17-31-20-14-25(15-21-31)32-18-7-2-8-19-32)27-22-24-12-5-6-13-26(24)33(27)29(35)23-10-3-1-4-11-23/h1,3-6,10-13,25,27H,2,7-9,14-22H2,(H,30,34). The number of hydrogen-bond donors (Lipinski definition) is 1. The molecule has 3 aliphatic heterocycles. The molecule has 2 fully saturated rings. The average molecular weight is 475 g/mol. The van der Waals surface area contributed by atoms with Crippen LogP contribution in [0.25, 0.3) is 0 Å². The van der Waals surface area contributed by atoms with Crippen molar-refractivity contribution in [2.75, 3.05) is 44.2 Å². The summed E-state index contributed by atoms with van der Waals surface area (Å²) in [5.41, 5.74) is 2.50. The van der Waals surface area contributed by atoms with Gasteiger partial charge < -0.3 is 15.1 Å². The Morgan fingerprint density at radius 1 is 0.857 bits per heavy atom. The van der Waals surface area contributed by atoms with Crippen LogP contribution in [0.1, 0.15) is 54.4 Å². The molecule has 0 bridgehead atoms. The Hall–Kier alpha value is -2.70. The fourth-order valence-corrected chi connectivity index (χ4v) is 5.99. The number of carbonyl (C=O) groups excluding carboxylic acids is 2. The number of para-hydroxylation sites is 1. The normalized spacial score (nSPS) is 21.6. The summed E-state index contributed by atoms with van der Waals surface area (Å²) in [7, 11) is 0. The Bertz CT molecular complexity index is 997. The molecule has 5 rings (SSSR count). The van der Waals surface area contributed by atoms with Gasteiger partial charge in [-0.25, -0.2) is 0 Å². The summed E-state index contributed by atoms with van der Waals surface area (Å²) in [6.45, 7) is 6.55. The topological polar surface area (TPSA) is 55.9 Å². The molecule has 186 valence electrons. The van der Waals surface area contributed by atoms with Crippen molar-refractivity contribution in [2.45, 2.75) is 57.0 Å². The maximum Gasteiger partial charge on any atom is 0.259 e. The van der Waals surface area contributed by atoms with Crippen molar-refractivity contribution in [2.24, 2.45) is 0 Å². The van der Waals surface area contributed by atoms with E-state index >= 15 is 0 Å². The third kappa shape index (κ3) is 5.60. The number of benzene rings is 2. The molecule has 1 atom stereocenters. The molecule has 6 heteroatoms. The molecule has 2 amide bonds. The van der Waals surface area contributed by atoms with Crippen LogP contribution in [0.3, 0.4) is 0 Å². The molecule has 2 aromatic rings. The lowest BCUT2D eigenvalue weighted by Crippen LogP contribution is -2.49. The monoisotopic (exact) mass is 474 g/mol. The number of rotatable bonds is 7. The van der Waals surface area contributed by atoms with Crippen LogP contribution >= 0.6 is 0 Å². The number of fused-ring (bicyclic) bond motifs is 1. The first kappa shape index (κ1) is 24.0. The zero-order chi connectivity index (χ0) is 24.0. The number of nitrogens with zero attached hydrogens (tertiary/aromatic N) is 3. The molecular formula is C29H38N4O2. The number of nitrogens with one attached hydrogen (secondary N) is 1. The highest BCUT2D eigenvalue weighted by Crippen LogP contribution is 2.33. The maximum absolute atomic E-state index is 13.3. The van der Waals surface area contributed by atoms with Crippen molar-refractivity contribution >= 4 is 17.5 Å². The molecule has 0 spiro atoms. The Labute approximate surface area is 209 Å². The molecule has 0 aromatic heterocycles. The lowest BCUT2D eigenvalue weighted by molar-refractivity contribution is -0.122. The van der Waals surface area contributed by atoms with Crippen LogP contribution in [0.4, 0.5) is 5.69 Å². The van der Waals surface area contributed by atoms with E-state index in [4.69, 9.17) is 0 Å².